The van der Waals surface area contributed by atoms with Gasteiger partial charge in [-0.3, -0.25) is 19.8 Å². The summed E-state index contributed by atoms with van der Waals surface area (Å²) in [5, 5.41) is 2.61. The number of nitrogens with one attached hydrogen (secondary N) is 1. The van der Waals surface area contributed by atoms with Crippen molar-refractivity contribution < 1.29 is 19.1 Å². The molecule has 0 bridgehead atoms. The topological polar surface area (TPSA) is 67.9 Å². The molecule has 160 valence electrons. The molecule has 0 atom stereocenters. The summed E-state index contributed by atoms with van der Waals surface area (Å²) < 4.78 is 11.7. The SMILES string of the molecule is C=CCN1C(=O)/C(=C/c2ccc(OCc3cccc(C)c3)c(OCC)c2)C(=O)NC1=S. The first-order valence-corrected chi connectivity index (χ1v) is 10.3. The zero-order chi connectivity index (χ0) is 22.4. The average molecular weight is 437 g/mol. The molecule has 3 rings (SSSR count). The highest BCUT2D eigenvalue weighted by atomic mass is 32.1. The van der Waals surface area contributed by atoms with E-state index in [1.165, 1.54) is 11.0 Å². The van der Waals surface area contributed by atoms with Gasteiger partial charge in [0.1, 0.15) is 12.2 Å². The molecule has 0 aliphatic carbocycles. The number of carbonyl (C=O) groups excluding carboxylic acids is 2. The van der Waals surface area contributed by atoms with Crippen molar-refractivity contribution in [2.75, 3.05) is 13.2 Å². The number of ether oxygens (including phenoxy) is 2. The van der Waals surface area contributed by atoms with Crippen LogP contribution in [0.1, 0.15) is 23.6 Å². The second-order valence-corrected chi connectivity index (χ2v) is 7.33. The third-order valence-corrected chi connectivity index (χ3v) is 4.88. The molecule has 0 saturated carbocycles. The van der Waals surface area contributed by atoms with E-state index in [1.807, 2.05) is 32.0 Å². The van der Waals surface area contributed by atoms with Gasteiger partial charge in [0.05, 0.1) is 6.61 Å². The maximum atomic E-state index is 12.7. The lowest BCUT2D eigenvalue weighted by atomic mass is 10.1. The number of benzene rings is 2. The van der Waals surface area contributed by atoms with Crippen molar-refractivity contribution in [3.63, 3.8) is 0 Å². The summed E-state index contributed by atoms with van der Waals surface area (Å²) in [5.74, 6) is 0.116. The molecule has 0 unspecified atom stereocenters. The number of hydrogen-bond acceptors (Lipinski definition) is 5. The fraction of sp³-hybridized carbons (Fsp3) is 0.208. The fourth-order valence-corrected chi connectivity index (χ4v) is 3.37. The minimum atomic E-state index is -0.534. The van der Waals surface area contributed by atoms with E-state index in [0.29, 0.717) is 30.3 Å². The highest BCUT2D eigenvalue weighted by Crippen LogP contribution is 2.30. The zero-order valence-corrected chi connectivity index (χ0v) is 18.3. The first kappa shape index (κ1) is 22.2. The van der Waals surface area contributed by atoms with E-state index in [0.717, 1.165) is 11.1 Å². The number of hydrogen-bond donors (Lipinski definition) is 1. The summed E-state index contributed by atoms with van der Waals surface area (Å²) in [6, 6.07) is 13.4. The van der Waals surface area contributed by atoms with Crippen LogP contribution in [-0.4, -0.2) is 35.0 Å². The third-order valence-electron chi connectivity index (χ3n) is 4.55. The fourth-order valence-electron chi connectivity index (χ4n) is 3.12. The average Bonchev–Trinajstić information content (AvgIpc) is 2.74. The van der Waals surface area contributed by atoms with Crippen LogP contribution in [0.4, 0.5) is 0 Å². The maximum absolute atomic E-state index is 12.7. The van der Waals surface area contributed by atoms with Crippen molar-refractivity contribution in [2.24, 2.45) is 0 Å². The molecule has 1 fully saturated rings. The Morgan fingerprint density at radius 3 is 2.65 bits per heavy atom. The molecule has 1 aliphatic heterocycles. The van der Waals surface area contributed by atoms with E-state index in [-0.39, 0.29) is 17.2 Å². The van der Waals surface area contributed by atoms with Crippen LogP contribution in [-0.2, 0) is 16.2 Å². The minimum Gasteiger partial charge on any atom is -0.490 e. The van der Waals surface area contributed by atoms with E-state index >= 15 is 0 Å². The van der Waals surface area contributed by atoms with Gasteiger partial charge in [0.25, 0.3) is 11.8 Å². The number of aryl methyl sites for hydroxylation is 1. The lowest BCUT2D eigenvalue weighted by Crippen LogP contribution is -2.53. The van der Waals surface area contributed by atoms with Gasteiger partial charge in [-0.25, -0.2) is 0 Å². The Morgan fingerprint density at radius 2 is 1.94 bits per heavy atom. The van der Waals surface area contributed by atoms with E-state index in [4.69, 9.17) is 21.7 Å². The molecule has 2 amide bonds. The van der Waals surface area contributed by atoms with Crippen molar-refractivity contribution >= 4 is 35.2 Å². The highest BCUT2D eigenvalue weighted by molar-refractivity contribution is 7.80. The summed E-state index contributed by atoms with van der Waals surface area (Å²) in [6.45, 7) is 8.59. The highest BCUT2D eigenvalue weighted by Gasteiger charge is 2.32. The Morgan fingerprint density at radius 1 is 1.13 bits per heavy atom. The summed E-state index contributed by atoms with van der Waals surface area (Å²) in [4.78, 5) is 26.3. The van der Waals surface area contributed by atoms with E-state index < -0.39 is 11.8 Å². The molecule has 6 nitrogen and oxygen atoms in total. The Bertz CT molecular complexity index is 1060. The molecule has 7 heteroatoms. The number of carbonyl (C=O) groups is 2. The van der Waals surface area contributed by atoms with E-state index in [1.54, 1.807) is 24.3 Å². The molecule has 1 heterocycles. The van der Waals surface area contributed by atoms with Gasteiger partial charge in [-0.1, -0.05) is 42.0 Å². The second kappa shape index (κ2) is 10.0. The smallest absolute Gasteiger partial charge is 0.265 e. The van der Waals surface area contributed by atoms with Crippen molar-refractivity contribution in [1.82, 2.24) is 10.2 Å². The maximum Gasteiger partial charge on any atom is 0.265 e. The summed E-state index contributed by atoms with van der Waals surface area (Å²) in [7, 11) is 0. The molecule has 0 aromatic heterocycles. The zero-order valence-electron chi connectivity index (χ0n) is 17.5. The quantitative estimate of drug-likeness (QED) is 0.295. The number of rotatable bonds is 8. The van der Waals surface area contributed by atoms with E-state index in [2.05, 4.69) is 18.0 Å². The van der Waals surface area contributed by atoms with Crippen LogP contribution >= 0.6 is 12.2 Å². The molecule has 31 heavy (non-hydrogen) atoms. The predicted octanol–water partition coefficient (Wildman–Crippen LogP) is 3.79. The third kappa shape index (κ3) is 5.38. The van der Waals surface area contributed by atoms with Gasteiger partial charge in [0, 0.05) is 6.54 Å². The van der Waals surface area contributed by atoms with Gasteiger partial charge in [0.2, 0.25) is 0 Å². The summed E-state index contributed by atoms with van der Waals surface area (Å²) in [5.41, 5.74) is 2.84. The Balaban J connectivity index is 1.85. The molecular formula is C24H24N2O4S. The summed E-state index contributed by atoms with van der Waals surface area (Å²) in [6.07, 6.45) is 3.06. The van der Waals surface area contributed by atoms with Crippen LogP contribution in [0.15, 0.2) is 60.7 Å². The van der Waals surface area contributed by atoms with Crippen LogP contribution in [0.3, 0.4) is 0 Å². The van der Waals surface area contributed by atoms with Crippen LogP contribution < -0.4 is 14.8 Å². The van der Waals surface area contributed by atoms with Crippen molar-refractivity contribution in [1.29, 1.82) is 0 Å². The van der Waals surface area contributed by atoms with Gasteiger partial charge in [-0.15, -0.1) is 6.58 Å². The largest absolute Gasteiger partial charge is 0.490 e. The van der Waals surface area contributed by atoms with Crippen LogP contribution in [0, 0.1) is 6.92 Å². The van der Waals surface area contributed by atoms with E-state index in [9.17, 15) is 9.59 Å². The molecule has 2 aromatic rings. The molecule has 0 radical (unpaired) electrons. The number of nitrogens with zero attached hydrogens (tertiary/aromatic N) is 1. The van der Waals surface area contributed by atoms with Gasteiger partial charge in [-0.05, 0) is 55.4 Å². The Labute approximate surface area is 187 Å². The van der Waals surface area contributed by atoms with Crippen molar-refractivity contribution in [2.45, 2.75) is 20.5 Å². The number of amides is 2. The molecular weight excluding hydrogens is 412 g/mol. The summed E-state index contributed by atoms with van der Waals surface area (Å²) >= 11 is 5.08. The minimum absolute atomic E-state index is 0.00803. The van der Waals surface area contributed by atoms with Crippen LogP contribution in [0.5, 0.6) is 11.5 Å². The lowest BCUT2D eigenvalue weighted by Gasteiger charge is -2.27. The normalized spacial score (nSPS) is 15.1. The first-order valence-electron chi connectivity index (χ1n) is 9.88. The molecule has 1 N–H and O–H groups in total. The monoisotopic (exact) mass is 436 g/mol. The Kier molecular flexibility index (Phi) is 7.20. The molecule has 1 aliphatic rings. The standard InChI is InChI=1S/C24H24N2O4S/c1-4-11-26-23(28)19(22(27)25-24(26)31)13-17-9-10-20(21(14-17)29-5-2)30-15-18-8-6-7-16(3)12-18/h4,6-10,12-14H,1,5,11,15H2,2-3H3,(H,25,27,31)/b19-13+. The van der Waals surface area contributed by atoms with Crippen LogP contribution in [0.25, 0.3) is 6.08 Å². The molecule has 2 aromatic carbocycles. The van der Waals surface area contributed by atoms with Gasteiger partial charge in [-0.2, -0.15) is 0 Å². The predicted molar refractivity (Wildman–Crippen MR) is 124 cm³/mol. The van der Waals surface area contributed by atoms with Crippen LogP contribution in [0.2, 0.25) is 0 Å². The van der Waals surface area contributed by atoms with Crippen molar-refractivity contribution in [3.8, 4) is 11.5 Å². The lowest BCUT2D eigenvalue weighted by molar-refractivity contribution is -0.128. The van der Waals surface area contributed by atoms with Gasteiger partial charge in [0.15, 0.2) is 16.6 Å². The van der Waals surface area contributed by atoms with Crippen molar-refractivity contribution in [3.05, 3.63) is 77.4 Å². The Hall–Kier alpha value is -3.45. The first-order chi connectivity index (χ1) is 14.9. The molecule has 0 spiro atoms. The molecule has 1 saturated heterocycles. The number of thiocarbonyl (C=S) groups is 1. The second-order valence-electron chi connectivity index (χ2n) is 6.94. The van der Waals surface area contributed by atoms with Gasteiger partial charge < -0.3 is 9.47 Å². The van der Waals surface area contributed by atoms with Gasteiger partial charge >= 0.3 is 0 Å².